The van der Waals surface area contributed by atoms with Crippen LogP contribution in [0.25, 0.3) is 0 Å². The highest BCUT2D eigenvalue weighted by Gasteiger charge is 2.21. The molecule has 1 aromatic heterocycles. The van der Waals surface area contributed by atoms with Crippen molar-refractivity contribution in [2.24, 2.45) is 0 Å². The third-order valence-electron chi connectivity index (χ3n) is 3.96. The van der Waals surface area contributed by atoms with Crippen molar-refractivity contribution in [2.45, 2.75) is 39.3 Å². The largest absolute Gasteiger partial charge is 0.350 e. The molecule has 5 nitrogen and oxygen atoms in total. The van der Waals surface area contributed by atoms with Gasteiger partial charge in [-0.25, -0.2) is 0 Å². The summed E-state index contributed by atoms with van der Waals surface area (Å²) in [6, 6.07) is 13.8. The molecule has 0 aliphatic carbocycles. The van der Waals surface area contributed by atoms with E-state index in [-0.39, 0.29) is 36.5 Å². The summed E-state index contributed by atoms with van der Waals surface area (Å²) in [4.78, 5) is 27.8. The van der Waals surface area contributed by atoms with Gasteiger partial charge < -0.3 is 10.6 Å². The van der Waals surface area contributed by atoms with Gasteiger partial charge in [0.15, 0.2) is 0 Å². The van der Waals surface area contributed by atoms with Crippen molar-refractivity contribution in [3.05, 3.63) is 58.3 Å². The average Bonchev–Trinajstić information content (AvgIpc) is 3.12. The van der Waals surface area contributed by atoms with E-state index >= 15 is 0 Å². The summed E-state index contributed by atoms with van der Waals surface area (Å²) in [7, 11) is 0. The van der Waals surface area contributed by atoms with Crippen LogP contribution in [0.2, 0.25) is 0 Å². The Morgan fingerprint density at radius 2 is 1.70 bits per heavy atom. The highest BCUT2D eigenvalue weighted by molar-refractivity contribution is 7.10. The lowest BCUT2D eigenvalue weighted by molar-refractivity contribution is -0.126. The minimum absolute atomic E-state index is 0.0741. The fraction of sp³-hybridized carbons (Fsp3) is 0.429. The number of nitrogens with one attached hydrogen (secondary N) is 2. The SMILES string of the molecule is CCN(CC(=O)N[C@@H](c1ccccc1)c1cccs1)CC(=O)NC(C)(C)C. The van der Waals surface area contributed by atoms with Crippen molar-refractivity contribution >= 4 is 23.2 Å². The van der Waals surface area contributed by atoms with E-state index in [0.717, 1.165) is 10.4 Å². The van der Waals surface area contributed by atoms with Crippen molar-refractivity contribution in [3.8, 4) is 0 Å². The molecule has 0 saturated heterocycles. The van der Waals surface area contributed by atoms with Gasteiger partial charge in [-0.2, -0.15) is 0 Å². The second-order valence-electron chi connectivity index (χ2n) is 7.53. The van der Waals surface area contributed by atoms with E-state index in [1.807, 2.05) is 80.4 Å². The van der Waals surface area contributed by atoms with Crippen molar-refractivity contribution < 1.29 is 9.59 Å². The van der Waals surface area contributed by atoms with E-state index in [1.165, 1.54) is 0 Å². The molecule has 27 heavy (non-hydrogen) atoms. The lowest BCUT2D eigenvalue weighted by Crippen LogP contribution is -2.48. The van der Waals surface area contributed by atoms with Gasteiger partial charge in [-0.1, -0.05) is 43.3 Å². The minimum atomic E-state index is -0.281. The molecule has 0 saturated carbocycles. The Kier molecular flexibility index (Phi) is 7.56. The molecule has 0 spiro atoms. The molecule has 1 aromatic carbocycles. The third-order valence-corrected chi connectivity index (χ3v) is 4.90. The average molecular weight is 388 g/mol. The molecule has 0 bridgehead atoms. The number of amides is 2. The maximum absolute atomic E-state index is 12.7. The highest BCUT2D eigenvalue weighted by Crippen LogP contribution is 2.25. The van der Waals surface area contributed by atoms with Crippen molar-refractivity contribution in [2.75, 3.05) is 19.6 Å². The molecule has 0 unspecified atom stereocenters. The molecule has 0 aliphatic rings. The van der Waals surface area contributed by atoms with Crippen molar-refractivity contribution in [1.82, 2.24) is 15.5 Å². The van der Waals surface area contributed by atoms with Gasteiger partial charge in [0.2, 0.25) is 11.8 Å². The summed E-state index contributed by atoms with van der Waals surface area (Å²) in [5, 5.41) is 8.06. The molecule has 2 N–H and O–H groups in total. The molecule has 0 fully saturated rings. The first-order valence-electron chi connectivity index (χ1n) is 9.19. The lowest BCUT2D eigenvalue weighted by Gasteiger charge is -2.25. The molecule has 0 aliphatic heterocycles. The fourth-order valence-electron chi connectivity index (χ4n) is 2.77. The zero-order valence-corrected chi connectivity index (χ0v) is 17.3. The first-order valence-corrected chi connectivity index (χ1v) is 10.1. The van der Waals surface area contributed by atoms with Crippen LogP contribution in [-0.4, -0.2) is 41.9 Å². The number of carbonyl (C=O) groups excluding carboxylic acids is 2. The summed E-state index contributed by atoms with van der Waals surface area (Å²) < 4.78 is 0. The molecule has 146 valence electrons. The fourth-order valence-corrected chi connectivity index (χ4v) is 3.57. The van der Waals surface area contributed by atoms with Crippen molar-refractivity contribution in [1.29, 1.82) is 0 Å². The third kappa shape index (κ3) is 7.15. The van der Waals surface area contributed by atoms with Gasteiger partial charge in [-0.3, -0.25) is 14.5 Å². The summed E-state index contributed by atoms with van der Waals surface area (Å²) in [5.74, 6) is -0.169. The standard InChI is InChI=1S/C21H29N3O2S/c1-5-24(15-19(26)23-21(2,3)4)14-18(25)22-20(17-12-9-13-27-17)16-10-7-6-8-11-16/h6-13,20H,5,14-15H2,1-4H3,(H,22,25)(H,23,26)/t20-/m0/s1. The zero-order chi connectivity index (χ0) is 19.9. The van der Waals surface area contributed by atoms with Gasteiger partial charge in [-0.15, -0.1) is 11.3 Å². The number of thiophene rings is 1. The molecular formula is C21H29N3O2S. The normalized spacial score (nSPS) is 12.6. The first kappa shape index (κ1) is 21.1. The smallest absolute Gasteiger partial charge is 0.234 e. The van der Waals surface area contributed by atoms with Crippen LogP contribution in [0.3, 0.4) is 0 Å². The Morgan fingerprint density at radius 1 is 1.04 bits per heavy atom. The van der Waals surface area contributed by atoms with Crippen LogP contribution >= 0.6 is 11.3 Å². The van der Waals surface area contributed by atoms with Gasteiger partial charge >= 0.3 is 0 Å². The molecule has 0 radical (unpaired) electrons. The maximum atomic E-state index is 12.7. The molecule has 6 heteroatoms. The minimum Gasteiger partial charge on any atom is -0.350 e. The predicted octanol–water partition coefficient (Wildman–Crippen LogP) is 3.19. The van der Waals surface area contributed by atoms with Gasteiger partial charge in [0.25, 0.3) is 0 Å². The number of likely N-dealkylation sites (N-methyl/N-ethyl adjacent to an activating group) is 1. The Balaban J connectivity index is 2.01. The molecular weight excluding hydrogens is 358 g/mol. The van der Waals surface area contributed by atoms with Crippen LogP contribution in [0.5, 0.6) is 0 Å². The van der Waals surface area contributed by atoms with Crippen molar-refractivity contribution in [3.63, 3.8) is 0 Å². The molecule has 2 aromatic rings. The van der Waals surface area contributed by atoms with E-state index in [1.54, 1.807) is 11.3 Å². The van der Waals surface area contributed by atoms with Crippen LogP contribution in [0.1, 0.15) is 44.2 Å². The van der Waals surface area contributed by atoms with E-state index in [9.17, 15) is 9.59 Å². The Hall–Kier alpha value is -2.18. The number of rotatable bonds is 8. The molecule has 1 atom stereocenters. The van der Waals surface area contributed by atoms with Crippen LogP contribution in [-0.2, 0) is 9.59 Å². The monoisotopic (exact) mass is 387 g/mol. The Morgan fingerprint density at radius 3 is 2.26 bits per heavy atom. The zero-order valence-electron chi connectivity index (χ0n) is 16.5. The maximum Gasteiger partial charge on any atom is 0.234 e. The first-order chi connectivity index (χ1) is 12.8. The molecule has 2 rings (SSSR count). The molecule has 2 amide bonds. The number of carbonyl (C=O) groups is 2. The number of hydrogen-bond acceptors (Lipinski definition) is 4. The van der Waals surface area contributed by atoms with Gasteiger partial charge in [-0.05, 0) is 44.3 Å². The van der Waals surface area contributed by atoms with Crippen LogP contribution in [0.4, 0.5) is 0 Å². The van der Waals surface area contributed by atoms with Gasteiger partial charge in [0, 0.05) is 10.4 Å². The predicted molar refractivity (Wildman–Crippen MR) is 111 cm³/mol. The summed E-state index contributed by atoms with van der Waals surface area (Å²) in [6.45, 7) is 8.79. The lowest BCUT2D eigenvalue weighted by atomic mass is 10.1. The van der Waals surface area contributed by atoms with Crippen LogP contribution < -0.4 is 10.6 Å². The number of hydrogen-bond donors (Lipinski definition) is 2. The highest BCUT2D eigenvalue weighted by atomic mass is 32.1. The van der Waals surface area contributed by atoms with Gasteiger partial charge in [0.05, 0.1) is 19.1 Å². The van der Waals surface area contributed by atoms with E-state index < -0.39 is 0 Å². The summed E-state index contributed by atoms with van der Waals surface area (Å²) in [5.41, 5.74) is 0.762. The van der Waals surface area contributed by atoms with E-state index in [4.69, 9.17) is 0 Å². The van der Waals surface area contributed by atoms with Crippen LogP contribution in [0, 0.1) is 0 Å². The summed E-state index contributed by atoms with van der Waals surface area (Å²) in [6.07, 6.45) is 0. The van der Waals surface area contributed by atoms with Gasteiger partial charge in [0.1, 0.15) is 0 Å². The Labute approximate surface area is 165 Å². The second kappa shape index (κ2) is 9.67. The topological polar surface area (TPSA) is 61.4 Å². The number of nitrogens with zero attached hydrogens (tertiary/aromatic N) is 1. The van der Waals surface area contributed by atoms with Crippen LogP contribution in [0.15, 0.2) is 47.8 Å². The van der Waals surface area contributed by atoms with E-state index in [0.29, 0.717) is 6.54 Å². The molecule has 1 heterocycles. The van der Waals surface area contributed by atoms with E-state index in [2.05, 4.69) is 10.6 Å². The Bertz CT molecular complexity index is 724. The quantitative estimate of drug-likeness (QED) is 0.731. The summed E-state index contributed by atoms with van der Waals surface area (Å²) >= 11 is 1.62. The number of benzene rings is 1. The second-order valence-corrected chi connectivity index (χ2v) is 8.51.